The predicted molar refractivity (Wildman–Crippen MR) is 188 cm³/mol. The number of nitrogens with one attached hydrogen (secondary N) is 1. The summed E-state index contributed by atoms with van der Waals surface area (Å²) in [4.78, 5) is 74.2. The molecule has 3 aliphatic heterocycles. The van der Waals surface area contributed by atoms with Gasteiger partial charge in [0.2, 0.25) is 12.0 Å². The molecule has 0 bridgehead atoms. The van der Waals surface area contributed by atoms with Gasteiger partial charge in [-0.15, -0.1) is 0 Å². The quantitative estimate of drug-likeness (QED) is 0.240. The molecule has 272 valence electrons. The lowest BCUT2D eigenvalue weighted by Gasteiger charge is -2.41. The highest BCUT2D eigenvalue weighted by atomic mass is 35.5. The van der Waals surface area contributed by atoms with E-state index in [2.05, 4.69) is 15.4 Å². The number of carboxylic acid groups (broad SMARTS) is 2. The maximum atomic E-state index is 14.8. The van der Waals surface area contributed by atoms with Crippen molar-refractivity contribution in [1.29, 1.82) is 0 Å². The van der Waals surface area contributed by atoms with Crippen molar-refractivity contribution in [2.24, 2.45) is 10.9 Å². The first-order valence-electron chi connectivity index (χ1n) is 16.7. The number of hydrogen-bond donors (Lipinski definition) is 4. The maximum absolute atomic E-state index is 14.8. The number of carbonyl (C=O) groups is 5. The van der Waals surface area contributed by atoms with E-state index in [4.69, 9.17) is 27.3 Å². The number of oxime groups is 1. The third-order valence-corrected chi connectivity index (χ3v) is 9.79. The van der Waals surface area contributed by atoms with Crippen LogP contribution in [0.5, 0.6) is 0 Å². The van der Waals surface area contributed by atoms with Gasteiger partial charge in [-0.2, -0.15) is 0 Å². The number of fused-ring (bicyclic) bond motifs is 1. The van der Waals surface area contributed by atoms with Crippen molar-refractivity contribution in [2.45, 2.75) is 43.9 Å². The van der Waals surface area contributed by atoms with Gasteiger partial charge in [0, 0.05) is 62.5 Å². The fraction of sp³-hybridized carbons (Fsp3) is 0.333. The Bertz CT molecular complexity index is 1930. The Kier molecular flexibility index (Phi) is 10.7. The van der Waals surface area contributed by atoms with E-state index in [9.17, 15) is 33.5 Å². The largest absolute Gasteiger partial charge is 0.480 e. The second-order valence-corrected chi connectivity index (χ2v) is 13.1. The van der Waals surface area contributed by atoms with Crippen molar-refractivity contribution < 1.29 is 43.4 Å². The minimum Gasteiger partial charge on any atom is -0.480 e. The van der Waals surface area contributed by atoms with Crippen molar-refractivity contribution in [2.75, 3.05) is 42.9 Å². The molecule has 3 atom stereocenters. The summed E-state index contributed by atoms with van der Waals surface area (Å²) in [7, 11) is 0. The number of piperazine rings is 1. The number of aromatic carboxylic acids is 1. The van der Waals surface area contributed by atoms with Crippen LogP contribution in [0.3, 0.4) is 0 Å². The van der Waals surface area contributed by atoms with E-state index < -0.39 is 47.8 Å². The number of benzene rings is 3. The molecule has 1 saturated heterocycles. The number of anilines is 2. The third kappa shape index (κ3) is 7.55. The van der Waals surface area contributed by atoms with Crippen molar-refractivity contribution in [1.82, 2.24) is 9.80 Å². The summed E-state index contributed by atoms with van der Waals surface area (Å²) in [5.74, 6) is -4.19. The number of hydrogen-bond acceptors (Lipinski definition) is 9. The molecule has 5 N–H and O–H groups in total. The Morgan fingerprint density at radius 3 is 2.38 bits per heavy atom. The molecular formula is C36H36ClFN6O8. The number of nitrogens with zero attached hydrogens (tertiary/aromatic N) is 4. The number of carbonyl (C=O) groups excluding carboxylic acids is 3. The summed E-state index contributed by atoms with van der Waals surface area (Å²) in [5.41, 5.74) is 8.55. The average Bonchev–Trinajstić information content (AvgIpc) is 3.64. The van der Waals surface area contributed by atoms with E-state index in [1.54, 1.807) is 23.1 Å². The molecule has 3 aromatic rings. The van der Waals surface area contributed by atoms with E-state index in [-0.39, 0.29) is 53.6 Å². The van der Waals surface area contributed by atoms with Gasteiger partial charge in [0.25, 0.3) is 11.8 Å². The molecule has 0 saturated carbocycles. The number of carboxylic acids is 2. The van der Waals surface area contributed by atoms with Crippen molar-refractivity contribution in [3.8, 4) is 0 Å². The van der Waals surface area contributed by atoms with Gasteiger partial charge in [-0.05, 0) is 66.4 Å². The van der Waals surface area contributed by atoms with E-state index in [1.165, 1.54) is 41.3 Å². The van der Waals surface area contributed by atoms with Gasteiger partial charge >= 0.3 is 11.9 Å². The van der Waals surface area contributed by atoms with E-state index in [0.29, 0.717) is 43.9 Å². The molecule has 3 amide bonds. The van der Waals surface area contributed by atoms with Gasteiger partial charge < -0.3 is 40.8 Å². The smallest absolute Gasteiger partial charge is 0.335 e. The molecule has 0 radical (unpaired) electrons. The van der Waals surface area contributed by atoms with Crippen LogP contribution in [0.1, 0.15) is 52.4 Å². The molecule has 14 nitrogen and oxygen atoms in total. The SMILES string of the molecule is N[C@@H](CCC(=O)N1CCN(c2cccc3c2CCN(C(=O)C2CC(c4cccc(Cl)c4F)=NO2)C3C(=O)Nc2ccc(C(=O)O)cc2)CC1)C(=O)O. The Balaban J connectivity index is 1.23. The molecule has 2 unspecified atom stereocenters. The zero-order valence-electron chi connectivity index (χ0n) is 27.8. The molecule has 1 fully saturated rings. The van der Waals surface area contributed by atoms with Crippen LogP contribution >= 0.6 is 11.6 Å². The van der Waals surface area contributed by atoms with E-state index in [0.717, 1.165) is 11.3 Å². The van der Waals surface area contributed by atoms with E-state index >= 15 is 0 Å². The van der Waals surface area contributed by atoms with Crippen LogP contribution in [0.15, 0.2) is 65.8 Å². The van der Waals surface area contributed by atoms with Crippen LogP contribution in [-0.4, -0.2) is 100 Å². The first kappa shape index (κ1) is 36.3. The number of nitrogens with two attached hydrogens (primary N) is 1. The summed E-state index contributed by atoms with van der Waals surface area (Å²) < 4.78 is 14.8. The summed E-state index contributed by atoms with van der Waals surface area (Å²) in [6.07, 6.45) is -0.711. The highest BCUT2D eigenvalue weighted by Gasteiger charge is 2.42. The normalized spacial score (nSPS) is 18.9. The number of halogens is 2. The lowest BCUT2D eigenvalue weighted by Crippen LogP contribution is -2.51. The molecule has 0 aliphatic carbocycles. The molecule has 3 heterocycles. The van der Waals surface area contributed by atoms with Gasteiger partial charge in [0.1, 0.15) is 12.1 Å². The standard InChI is InChI=1S/C36H36ClFN6O8/c37-25-5-1-4-24(31(25)38)27-19-29(52-41-27)34(47)44-14-13-22-23(32(44)33(46)40-21-9-7-20(8-10-21)35(48)49)3-2-6-28(22)42-15-17-43(18-16-42)30(45)12-11-26(39)36(50)51/h1-10,26,29,32H,11-19,39H2,(H,40,46)(H,48,49)(H,50,51)/t26-,29?,32?/m0/s1. The summed E-state index contributed by atoms with van der Waals surface area (Å²) in [5, 5.41) is 25.1. The van der Waals surface area contributed by atoms with Crippen molar-refractivity contribution in [3.05, 3.63) is 93.8 Å². The minimum atomic E-state index is -1.16. The number of aliphatic carboxylic acids is 1. The fourth-order valence-electron chi connectivity index (χ4n) is 6.71. The lowest BCUT2D eigenvalue weighted by atomic mass is 9.89. The Morgan fingerprint density at radius 1 is 0.981 bits per heavy atom. The Labute approximate surface area is 302 Å². The monoisotopic (exact) mass is 734 g/mol. The molecule has 0 aromatic heterocycles. The first-order chi connectivity index (χ1) is 24.9. The number of rotatable bonds is 10. The average molecular weight is 735 g/mol. The summed E-state index contributed by atoms with van der Waals surface area (Å²) in [6, 6.07) is 13.4. The van der Waals surface area contributed by atoms with Gasteiger partial charge in [-0.25, -0.2) is 9.18 Å². The predicted octanol–water partition coefficient (Wildman–Crippen LogP) is 3.28. The van der Waals surface area contributed by atoms with Crippen LogP contribution in [0, 0.1) is 5.82 Å². The maximum Gasteiger partial charge on any atom is 0.335 e. The molecule has 6 rings (SSSR count). The molecule has 3 aromatic carbocycles. The Hall–Kier alpha value is -5.54. The second-order valence-electron chi connectivity index (χ2n) is 12.7. The molecule has 0 spiro atoms. The number of amides is 3. The van der Waals surface area contributed by atoms with Crippen LogP contribution in [0.2, 0.25) is 5.02 Å². The summed E-state index contributed by atoms with van der Waals surface area (Å²) in [6.45, 7) is 1.92. The molecule has 3 aliphatic rings. The van der Waals surface area contributed by atoms with Crippen LogP contribution in [0.25, 0.3) is 0 Å². The Morgan fingerprint density at radius 2 is 1.69 bits per heavy atom. The van der Waals surface area contributed by atoms with Crippen molar-refractivity contribution in [3.63, 3.8) is 0 Å². The van der Waals surface area contributed by atoms with Gasteiger partial charge in [-0.1, -0.05) is 35.0 Å². The van der Waals surface area contributed by atoms with Gasteiger partial charge in [0.15, 0.2) is 5.82 Å². The minimum absolute atomic E-state index is 0.0270. The van der Waals surface area contributed by atoms with Gasteiger partial charge in [-0.3, -0.25) is 19.2 Å². The van der Waals surface area contributed by atoms with Crippen LogP contribution in [-0.2, 0) is 30.4 Å². The molecule has 16 heteroatoms. The topological polar surface area (TPSA) is 195 Å². The fourth-order valence-corrected chi connectivity index (χ4v) is 6.89. The van der Waals surface area contributed by atoms with E-state index in [1.807, 2.05) is 6.07 Å². The zero-order valence-corrected chi connectivity index (χ0v) is 28.6. The third-order valence-electron chi connectivity index (χ3n) is 9.49. The second kappa shape index (κ2) is 15.4. The zero-order chi connectivity index (χ0) is 37.1. The molecule has 52 heavy (non-hydrogen) atoms. The van der Waals surface area contributed by atoms with Gasteiger partial charge in [0.05, 0.1) is 16.3 Å². The first-order valence-corrected chi connectivity index (χ1v) is 17.1. The highest BCUT2D eigenvalue weighted by molar-refractivity contribution is 6.31. The van der Waals surface area contributed by atoms with Crippen molar-refractivity contribution >= 4 is 58.3 Å². The molecular weight excluding hydrogens is 699 g/mol. The summed E-state index contributed by atoms with van der Waals surface area (Å²) >= 11 is 5.97. The highest BCUT2D eigenvalue weighted by Crippen LogP contribution is 2.38. The van der Waals surface area contributed by atoms with Crippen LogP contribution < -0.4 is 16.0 Å². The lowest BCUT2D eigenvalue weighted by molar-refractivity contribution is -0.148. The van der Waals surface area contributed by atoms with Crippen LogP contribution in [0.4, 0.5) is 15.8 Å².